The molecule has 0 fully saturated rings. The first kappa shape index (κ1) is 17.9. The first-order chi connectivity index (χ1) is 12.1. The van der Waals surface area contributed by atoms with Gasteiger partial charge in [0.05, 0.1) is 16.6 Å². The summed E-state index contributed by atoms with van der Waals surface area (Å²) in [5, 5.41) is 1.91. The maximum Gasteiger partial charge on any atom is 0.416 e. The monoisotopic (exact) mass is 383 g/mol. The van der Waals surface area contributed by atoms with E-state index in [0.717, 1.165) is 24.3 Å². The average Bonchev–Trinajstić information content (AvgIpc) is 2.99. The van der Waals surface area contributed by atoms with Crippen molar-refractivity contribution in [3.63, 3.8) is 0 Å². The van der Waals surface area contributed by atoms with Crippen molar-refractivity contribution in [2.24, 2.45) is 0 Å². The first-order valence-electron chi connectivity index (χ1n) is 7.30. The predicted molar refractivity (Wildman–Crippen MR) is 88.2 cm³/mol. The fourth-order valence-electron chi connectivity index (χ4n) is 2.26. The standard InChI is InChI=1S/C16H12F3N3O3S/c17-16(18,19)10-5-7-11(8-6-10)20-14(23)9-26(24,25)15-21-12-3-1-2-4-13(12)22-15/h1-8H,9H2,(H,20,23)(H,21,22). The number of fused-ring (bicyclic) bond motifs is 1. The molecule has 10 heteroatoms. The van der Waals surface area contributed by atoms with Crippen LogP contribution < -0.4 is 5.32 Å². The highest BCUT2D eigenvalue weighted by Crippen LogP contribution is 2.29. The highest BCUT2D eigenvalue weighted by atomic mass is 32.2. The second kappa shape index (κ2) is 6.45. The quantitative estimate of drug-likeness (QED) is 0.725. The molecule has 3 aromatic rings. The molecule has 0 saturated heterocycles. The van der Waals surface area contributed by atoms with Gasteiger partial charge in [0.15, 0.2) is 0 Å². The summed E-state index contributed by atoms with van der Waals surface area (Å²) < 4.78 is 62.1. The van der Waals surface area contributed by atoms with Gasteiger partial charge in [-0.25, -0.2) is 13.4 Å². The molecule has 0 spiro atoms. The number of carbonyl (C=O) groups excluding carboxylic acids is 1. The zero-order chi connectivity index (χ0) is 18.9. The molecule has 1 heterocycles. The van der Waals surface area contributed by atoms with E-state index in [1.54, 1.807) is 24.3 Å². The van der Waals surface area contributed by atoms with Crippen molar-refractivity contribution >= 4 is 32.5 Å². The second-order valence-corrected chi connectivity index (χ2v) is 7.35. The number of anilines is 1. The SMILES string of the molecule is O=C(CS(=O)(=O)c1nc2ccccc2[nH]1)Nc1ccc(C(F)(F)F)cc1. The number of halogens is 3. The average molecular weight is 383 g/mol. The lowest BCUT2D eigenvalue weighted by Gasteiger charge is -2.08. The van der Waals surface area contributed by atoms with Crippen LogP contribution in [0.15, 0.2) is 53.7 Å². The predicted octanol–water partition coefficient (Wildman–Crippen LogP) is 2.99. The minimum atomic E-state index is -4.49. The molecular weight excluding hydrogens is 371 g/mol. The van der Waals surface area contributed by atoms with Gasteiger partial charge in [-0.15, -0.1) is 0 Å². The number of para-hydroxylation sites is 2. The molecule has 6 nitrogen and oxygen atoms in total. The number of nitrogens with zero attached hydrogens (tertiary/aromatic N) is 1. The molecule has 0 unspecified atom stereocenters. The minimum absolute atomic E-state index is 0.0582. The molecule has 0 saturated carbocycles. The van der Waals surface area contributed by atoms with E-state index < -0.39 is 33.2 Å². The zero-order valence-corrected chi connectivity index (χ0v) is 13.9. The van der Waals surface area contributed by atoms with Gasteiger partial charge in [-0.1, -0.05) is 12.1 Å². The van der Waals surface area contributed by atoms with Crippen LogP contribution in [0, 0.1) is 0 Å². The third kappa shape index (κ3) is 3.85. The smallest absolute Gasteiger partial charge is 0.329 e. The van der Waals surface area contributed by atoms with Crippen molar-refractivity contribution in [1.29, 1.82) is 0 Å². The van der Waals surface area contributed by atoms with E-state index in [1.165, 1.54) is 0 Å². The highest BCUT2D eigenvalue weighted by molar-refractivity contribution is 7.92. The summed E-state index contributed by atoms with van der Waals surface area (Å²) in [4.78, 5) is 18.5. The number of benzene rings is 2. The molecule has 0 aliphatic rings. The van der Waals surface area contributed by atoms with E-state index >= 15 is 0 Å². The third-order valence-electron chi connectivity index (χ3n) is 3.48. The third-order valence-corrected chi connectivity index (χ3v) is 4.90. The molecule has 1 aromatic heterocycles. The van der Waals surface area contributed by atoms with Gasteiger partial charge in [-0.05, 0) is 36.4 Å². The summed E-state index contributed by atoms with van der Waals surface area (Å²) >= 11 is 0. The number of amides is 1. The Hall–Kier alpha value is -2.88. The van der Waals surface area contributed by atoms with Crippen molar-refractivity contribution in [3.8, 4) is 0 Å². The summed E-state index contributed by atoms with van der Waals surface area (Å²) in [7, 11) is -4.03. The highest BCUT2D eigenvalue weighted by Gasteiger charge is 2.30. The van der Waals surface area contributed by atoms with E-state index in [4.69, 9.17) is 0 Å². The Balaban J connectivity index is 1.72. The largest absolute Gasteiger partial charge is 0.416 e. The van der Waals surface area contributed by atoms with Crippen LogP contribution in [-0.4, -0.2) is 30.0 Å². The lowest BCUT2D eigenvalue weighted by atomic mass is 10.2. The fourth-order valence-corrected chi connectivity index (χ4v) is 3.31. The minimum Gasteiger partial charge on any atom is -0.329 e. The summed E-state index contributed by atoms with van der Waals surface area (Å²) in [6.07, 6.45) is -4.49. The fraction of sp³-hybridized carbons (Fsp3) is 0.125. The Morgan fingerprint density at radius 1 is 1.08 bits per heavy atom. The molecule has 26 heavy (non-hydrogen) atoms. The van der Waals surface area contributed by atoms with Crippen molar-refractivity contribution in [3.05, 3.63) is 54.1 Å². The number of hydrogen-bond acceptors (Lipinski definition) is 4. The van der Waals surface area contributed by atoms with Gasteiger partial charge in [-0.2, -0.15) is 13.2 Å². The molecule has 2 aromatic carbocycles. The van der Waals surface area contributed by atoms with Crippen LogP contribution in [-0.2, 0) is 20.8 Å². The molecule has 0 bridgehead atoms. The number of alkyl halides is 3. The van der Waals surface area contributed by atoms with Crippen molar-refractivity contribution < 1.29 is 26.4 Å². The van der Waals surface area contributed by atoms with Crippen LogP contribution in [0.5, 0.6) is 0 Å². The lowest BCUT2D eigenvalue weighted by Crippen LogP contribution is -2.23. The summed E-state index contributed by atoms with van der Waals surface area (Å²) in [6.45, 7) is 0. The van der Waals surface area contributed by atoms with E-state index in [1.807, 2.05) is 0 Å². The topological polar surface area (TPSA) is 91.9 Å². The van der Waals surface area contributed by atoms with Crippen molar-refractivity contribution in [2.45, 2.75) is 11.3 Å². The van der Waals surface area contributed by atoms with E-state index in [0.29, 0.717) is 11.0 Å². The number of aromatic nitrogens is 2. The summed E-state index contributed by atoms with van der Waals surface area (Å²) in [5.41, 5.74) is 0.136. The zero-order valence-electron chi connectivity index (χ0n) is 13.0. The summed E-state index contributed by atoms with van der Waals surface area (Å²) in [6, 6.07) is 10.3. The van der Waals surface area contributed by atoms with Gasteiger partial charge < -0.3 is 10.3 Å². The molecule has 0 aliphatic carbocycles. The molecule has 136 valence electrons. The molecule has 0 atom stereocenters. The maximum absolute atomic E-state index is 12.5. The Morgan fingerprint density at radius 3 is 2.35 bits per heavy atom. The normalized spacial score (nSPS) is 12.3. The van der Waals surface area contributed by atoms with Crippen LogP contribution in [0.2, 0.25) is 0 Å². The Kier molecular flexibility index (Phi) is 4.45. The van der Waals surface area contributed by atoms with E-state index in [-0.39, 0.29) is 10.8 Å². The van der Waals surface area contributed by atoms with Gasteiger partial charge in [0.1, 0.15) is 5.75 Å². The Morgan fingerprint density at radius 2 is 1.73 bits per heavy atom. The van der Waals surface area contributed by atoms with Gasteiger partial charge in [0.2, 0.25) is 20.9 Å². The molecule has 2 N–H and O–H groups in total. The number of aromatic amines is 1. The maximum atomic E-state index is 12.5. The first-order valence-corrected chi connectivity index (χ1v) is 8.95. The molecule has 0 aliphatic heterocycles. The van der Waals surface area contributed by atoms with Crippen LogP contribution in [0.4, 0.5) is 18.9 Å². The van der Waals surface area contributed by atoms with Crippen LogP contribution >= 0.6 is 0 Å². The number of rotatable bonds is 4. The number of imidazole rings is 1. The van der Waals surface area contributed by atoms with Crippen LogP contribution in [0.3, 0.4) is 0 Å². The number of nitrogens with one attached hydrogen (secondary N) is 2. The summed E-state index contributed by atoms with van der Waals surface area (Å²) in [5.74, 6) is -1.78. The van der Waals surface area contributed by atoms with Crippen molar-refractivity contribution in [1.82, 2.24) is 9.97 Å². The van der Waals surface area contributed by atoms with Gasteiger partial charge in [0, 0.05) is 5.69 Å². The molecular formula is C16H12F3N3O3S. The molecule has 0 radical (unpaired) electrons. The van der Waals surface area contributed by atoms with Crippen LogP contribution in [0.25, 0.3) is 11.0 Å². The van der Waals surface area contributed by atoms with E-state index in [9.17, 15) is 26.4 Å². The van der Waals surface area contributed by atoms with Crippen molar-refractivity contribution in [2.75, 3.05) is 11.1 Å². The number of hydrogen-bond donors (Lipinski definition) is 2. The van der Waals surface area contributed by atoms with E-state index in [2.05, 4.69) is 15.3 Å². The van der Waals surface area contributed by atoms with Gasteiger partial charge in [-0.3, -0.25) is 4.79 Å². The van der Waals surface area contributed by atoms with Gasteiger partial charge in [0.25, 0.3) is 0 Å². The van der Waals surface area contributed by atoms with Gasteiger partial charge >= 0.3 is 6.18 Å². The number of H-pyrrole nitrogens is 1. The Bertz CT molecular complexity index is 1020. The Labute approximate surface area is 146 Å². The number of carbonyl (C=O) groups is 1. The number of sulfone groups is 1. The molecule has 3 rings (SSSR count). The lowest BCUT2D eigenvalue weighted by molar-refractivity contribution is -0.137. The second-order valence-electron chi connectivity index (χ2n) is 5.44. The molecule has 1 amide bonds. The van der Waals surface area contributed by atoms with Crippen LogP contribution in [0.1, 0.15) is 5.56 Å².